The van der Waals surface area contributed by atoms with Gasteiger partial charge in [0.1, 0.15) is 18.8 Å². The molecule has 9 nitrogen and oxygen atoms in total. The molecular weight excluding hydrogens is 709 g/mol. The van der Waals surface area contributed by atoms with Crippen molar-refractivity contribution < 1.29 is 43.6 Å². The first-order chi connectivity index (χ1) is 26.6. The van der Waals surface area contributed by atoms with Crippen LogP contribution in [0.4, 0.5) is 0 Å². The summed E-state index contributed by atoms with van der Waals surface area (Å²) < 4.78 is 16.1. The third-order valence-corrected chi connectivity index (χ3v) is 17.9. The summed E-state index contributed by atoms with van der Waals surface area (Å²) in [6, 6.07) is 0. The van der Waals surface area contributed by atoms with Crippen LogP contribution in [0.3, 0.4) is 0 Å². The second kappa shape index (κ2) is 16.2. The highest BCUT2D eigenvalue weighted by Crippen LogP contribution is 2.67. The molecule has 0 spiro atoms. The molecule has 6 fully saturated rings. The first-order valence-corrected chi connectivity index (χ1v) is 22.4. The molecule has 8 aliphatic carbocycles. The summed E-state index contributed by atoms with van der Waals surface area (Å²) in [5.74, 6) is 3.32. The third-order valence-electron chi connectivity index (χ3n) is 17.9. The summed E-state index contributed by atoms with van der Waals surface area (Å²) in [6.07, 6.45) is 22.5. The van der Waals surface area contributed by atoms with Gasteiger partial charge in [-0.3, -0.25) is 19.2 Å². The van der Waals surface area contributed by atoms with Crippen LogP contribution >= 0.6 is 0 Å². The number of fused-ring (bicyclic) bond motifs is 10. The van der Waals surface area contributed by atoms with E-state index in [2.05, 4.69) is 51.5 Å². The number of allylic oxidation sites excluding steroid dienone is 3. The highest BCUT2D eigenvalue weighted by Gasteiger charge is 2.61. The molecule has 0 aromatic carbocycles. The molecular formula is C47H70O9. The van der Waals surface area contributed by atoms with Crippen molar-refractivity contribution in [3.63, 3.8) is 0 Å². The van der Waals surface area contributed by atoms with E-state index >= 15 is 0 Å². The molecule has 8 aliphatic rings. The molecule has 0 aromatic heterocycles. The number of ether oxygens (including phenoxy) is 3. The monoisotopic (exact) mass is 779 g/mol. The van der Waals surface area contributed by atoms with E-state index in [-0.39, 0.29) is 66.4 Å². The van der Waals surface area contributed by atoms with Gasteiger partial charge in [-0.15, -0.1) is 0 Å². The Morgan fingerprint density at radius 3 is 1.95 bits per heavy atom. The van der Waals surface area contributed by atoms with Crippen molar-refractivity contribution in [1.29, 1.82) is 0 Å². The zero-order valence-corrected chi connectivity index (χ0v) is 34.9. The smallest absolute Gasteiger partial charge is 0.309 e. The number of carboxylic acids is 1. The minimum atomic E-state index is -0.979. The zero-order valence-electron chi connectivity index (χ0n) is 34.9. The number of hydrogen-bond donors (Lipinski definition) is 2. The van der Waals surface area contributed by atoms with Gasteiger partial charge in [0.15, 0.2) is 0 Å². The maximum Gasteiger partial charge on any atom is 0.309 e. The summed E-state index contributed by atoms with van der Waals surface area (Å²) in [5, 5.41) is 19.3. The lowest BCUT2D eigenvalue weighted by Crippen LogP contribution is -2.51. The molecule has 0 heterocycles. The average Bonchev–Trinajstić information content (AvgIpc) is 3.66. The van der Waals surface area contributed by atoms with Crippen molar-refractivity contribution in [2.75, 3.05) is 6.61 Å². The van der Waals surface area contributed by atoms with Gasteiger partial charge in [-0.2, -0.15) is 0 Å². The first-order valence-electron chi connectivity index (χ1n) is 22.4. The fourth-order valence-corrected chi connectivity index (χ4v) is 14.6. The van der Waals surface area contributed by atoms with Crippen LogP contribution in [0.1, 0.15) is 157 Å². The summed E-state index contributed by atoms with van der Waals surface area (Å²) in [7, 11) is 0. The molecule has 0 aliphatic heterocycles. The van der Waals surface area contributed by atoms with Gasteiger partial charge in [-0.25, -0.2) is 0 Å². The van der Waals surface area contributed by atoms with Gasteiger partial charge in [0.2, 0.25) is 0 Å². The maximum absolute atomic E-state index is 12.3. The number of rotatable bonds is 9. The molecule has 6 unspecified atom stereocenters. The minimum Gasteiger partial charge on any atom is -0.481 e. The van der Waals surface area contributed by atoms with Crippen LogP contribution in [0.2, 0.25) is 0 Å². The fourth-order valence-electron chi connectivity index (χ4n) is 14.6. The predicted octanol–water partition coefficient (Wildman–Crippen LogP) is 9.15. The third kappa shape index (κ3) is 7.54. The van der Waals surface area contributed by atoms with Gasteiger partial charge in [-0.1, -0.05) is 57.9 Å². The summed E-state index contributed by atoms with van der Waals surface area (Å²) in [4.78, 5) is 45.4. The summed E-state index contributed by atoms with van der Waals surface area (Å²) in [6.45, 7) is 12.4. The lowest BCUT2D eigenvalue weighted by molar-refractivity contribution is -0.161. The highest BCUT2D eigenvalue weighted by atomic mass is 16.6. The lowest BCUT2D eigenvalue weighted by Gasteiger charge is -2.57. The Balaban J connectivity index is 0.000000193. The second-order valence-corrected chi connectivity index (χ2v) is 20.6. The second-order valence-electron chi connectivity index (χ2n) is 20.6. The summed E-state index contributed by atoms with van der Waals surface area (Å²) >= 11 is 0. The average molecular weight is 779 g/mol. The van der Waals surface area contributed by atoms with Crippen LogP contribution < -0.4 is 0 Å². The Bertz CT molecular complexity index is 1570. The quantitative estimate of drug-likeness (QED) is 0.0772. The van der Waals surface area contributed by atoms with Crippen LogP contribution in [-0.4, -0.2) is 59.5 Å². The zero-order chi connectivity index (χ0) is 40.0. The van der Waals surface area contributed by atoms with Crippen molar-refractivity contribution >= 4 is 24.4 Å². The number of esters is 2. The molecule has 2 N–H and O–H groups in total. The van der Waals surface area contributed by atoms with Gasteiger partial charge < -0.3 is 24.4 Å². The lowest BCUT2D eigenvalue weighted by atomic mass is 9.47. The van der Waals surface area contributed by atoms with Crippen molar-refractivity contribution in [1.82, 2.24) is 0 Å². The molecule has 0 radical (unpaired) electrons. The largest absolute Gasteiger partial charge is 0.481 e. The van der Waals surface area contributed by atoms with Crippen molar-refractivity contribution in [2.24, 2.45) is 63.1 Å². The highest BCUT2D eigenvalue weighted by molar-refractivity contribution is 5.76. The number of hydrogen-bond acceptors (Lipinski definition) is 8. The predicted molar refractivity (Wildman–Crippen MR) is 212 cm³/mol. The molecule has 9 heteroatoms. The fraction of sp³-hybridized carbons (Fsp3) is 0.830. The number of aliphatic hydroxyl groups excluding tert-OH is 1. The summed E-state index contributed by atoms with van der Waals surface area (Å²) in [5.41, 5.74) is 3.96. The van der Waals surface area contributed by atoms with E-state index < -0.39 is 11.9 Å². The molecule has 0 amide bonds. The Hall–Kier alpha value is -2.68. The number of carbonyl (C=O) groups excluding carboxylic acids is 3. The van der Waals surface area contributed by atoms with E-state index in [1.54, 1.807) is 5.57 Å². The van der Waals surface area contributed by atoms with Gasteiger partial charge in [0.05, 0.1) is 25.4 Å². The van der Waals surface area contributed by atoms with E-state index in [0.29, 0.717) is 29.6 Å². The number of carboxylic acid groups (broad SMARTS) is 1. The molecule has 14 atom stereocenters. The standard InChI is InChI=1S/C27H38O8.C20H32O/c1-26-12-9-18(34-25(32)11-14-33-16-28)15-17(26)3-4-19-20-5-6-22(27(20,2)13-10-21(19)26)35-24(31)8-7-23(29)30;1-13-8-10-19(2)14(12-13)4-5-15-16-6-7-18(21)20(16,3)11-9-17(15)19/h3,16,18-22H,4-15H2,1-2H3,(H,29,30);4,13,15-18,21H,5-12H2,1-3H3/t18-,19?,20?,21?,22-,26-,27-;13-,15?,16?,17?,18-,19-,20-/m00/s1. The van der Waals surface area contributed by atoms with E-state index in [1.807, 2.05) is 0 Å². The minimum absolute atomic E-state index is 0.0342. The Morgan fingerprint density at radius 1 is 0.696 bits per heavy atom. The normalized spacial score (nSPS) is 44.6. The van der Waals surface area contributed by atoms with Crippen LogP contribution in [0.15, 0.2) is 23.3 Å². The number of aliphatic hydroxyl groups is 1. The molecule has 56 heavy (non-hydrogen) atoms. The molecule has 312 valence electrons. The van der Waals surface area contributed by atoms with Crippen LogP contribution in [0.5, 0.6) is 0 Å². The van der Waals surface area contributed by atoms with Gasteiger partial charge in [0.25, 0.3) is 6.47 Å². The van der Waals surface area contributed by atoms with Crippen molar-refractivity contribution in [2.45, 2.75) is 175 Å². The Labute approximate surface area is 335 Å². The maximum atomic E-state index is 12.3. The number of aliphatic carboxylic acids is 1. The van der Waals surface area contributed by atoms with Gasteiger partial charge in [0, 0.05) is 11.8 Å². The molecule has 8 rings (SSSR count). The molecule has 0 bridgehead atoms. The van der Waals surface area contributed by atoms with Crippen LogP contribution in [0, 0.1) is 63.1 Å². The molecule has 0 aromatic rings. The molecule has 0 saturated heterocycles. The van der Waals surface area contributed by atoms with Gasteiger partial charge >= 0.3 is 17.9 Å². The Morgan fingerprint density at radius 2 is 1.29 bits per heavy atom. The van der Waals surface area contributed by atoms with E-state index in [9.17, 15) is 24.3 Å². The van der Waals surface area contributed by atoms with Crippen LogP contribution in [-0.2, 0) is 33.4 Å². The van der Waals surface area contributed by atoms with Gasteiger partial charge in [-0.05, 0) is 154 Å². The first kappa shape index (κ1) is 41.5. The van der Waals surface area contributed by atoms with Crippen molar-refractivity contribution in [3.8, 4) is 0 Å². The van der Waals surface area contributed by atoms with Crippen molar-refractivity contribution in [3.05, 3.63) is 23.3 Å². The van der Waals surface area contributed by atoms with E-state index in [0.717, 1.165) is 81.5 Å². The van der Waals surface area contributed by atoms with E-state index in [4.69, 9.17) is 14.6 Å². The Kier molecular flexibility index (Phi) is 12.0. The molecule has 6 saturated carbocycles. The van der Waals surface area contributed by atoms with Crippen LogP contribution in [0.25, 0.3) is 0 Å². The SMILES string of the molecule is C[C@H]1CC[C@@]2(C)C(=CCC3C2CC[C@@]2(C)C3CC[C@@H]2O)C1.C[C@]12CC[C@H](OC(=O)CCOC=O)CC1=CCC1C2CC[C@@]2(C)C1CC[C@@H]2OC(=O)CCC(=O)O. The number of carbonyl (C=O) groups is 4. The topological polar surface area (TPSA) is 136 Å². The van der Waals surface area contributed by atoms with E-state index in [1.165, 1.54) is 50.5 Å².